The number of carbonyl (C=O) groups is 1. The van der Waals surface area contributed by atoms with E-state index in [1.807, 2.05) is 30.3 Å². The molecule has 98 valence electrons. The Kier molecular flexibility index (Phi) is 7.87. The molecule has 0 heterocycles. The molecular formula is C17H24O. The fourth-order valence-electron chi connectivity index (χ4n) is 2.05. The van der Waals surface area contributed by atoms with Crippen molar-refractivity contribution in [1.29, 1.82) is 0 Å². The summed E-state index contributed by atoms with van der Waals surface area (Å²) in [6.45, 7) is 2.24. The molecule has 1 aromatic carbocycles. The van der Waals surface area contributed by atoms with E-state index in [9.17, 15) is 4.79 Å². The van der Waals surface area contributed by atoms with Gasteiger partial charge in [-0.1, -0.05) is 75.4 Å². The van der Waals surface area contributed by atoms with E-state index in [0.717, 1.165) is 23.8 Å². The normalized spacial score (nSPS) is 11.5. The Balaban J connectivity index is 2.29. The fraction of sp³-hybridized carbons (Fsp3) is 0.471. The largest absolute Gasteiger partial charge is 0.298 e. The second-order valence-electron chi connectivity index (χ2n) is 4.70. The molecule has 0 aromatic heterocycles. The third kappa shape index (κ3) is 5.81. The van der Waals surface area contributed by atoms with Crippen LogP contribution in [0.1, 0.15) is 57.4 Å². The van der Waals surface area contributed by atoms with E-state index in [0.29, 0.717) is 0 Å². The predicted molar refractivity (Wildman–Crippen MR) is 78.5 cm³/mol. The van der Waals surface area contributed by atoms with Crippen molar-refractivity contribution >= 4 is 11.9 Å². The van der Waals surface area contributed by atoms with Crippen LogP contribution in [0.15, 0.2) is 36.4 Å². The minimum absolute atomic E-state index is 0.823. The van der Waals surface area contributed by atoms with Crippen molar-refractivity contribution in [1.82, 2.24) is 0 Å². The zero-order valence-electron chi connectivity index (χ0n) is 11.4. The molecule has 0 spiro atoms. The average molecular weight is 244 g/mol. The fourth-order valence-corrected chi connectivity index (χ4v) is 2.05. The molecule has 0 saturated carbocycles. The maximum atomic E-state index is 11.0. The summed E-state index contributed by atoms with van der Waals surface area (Å²) in [7, 11) is 0. The van der Waals surface area contributed by atoms with Gasteiger partial charge in [-0.2, -0.15) is 0 Å². The lowest BCUT2D eigenvalue weighted by Crippen LogP contribution is -1.85. The molecule has 0 aliphatic heterocycles. The van der Waals surface area contributed by atoms with E-state index in [1.54, 1.807) is 0 Å². The molecule has 1 heteroatoms. The quantitative estimate of drug-likeness (QED) is 0.338. The number of benzene rings is 1. The van der Waals surface area contributed by atoms with Crippen LogP contribution < -0.4 is 0 Å². The Morgan fingerprint density at radius 3 is 2.33 bits per heavy atom. The first-order valence-corrected chi connectivity index (χ1v) is 7.09. The first-order chi connectivity index (χ1) is 8.88. The molecule has 0 saturated heterocycles. The number of hydrogen-bond acceptors (Lipinski definition) is 1. The number of allylic oxidation sites excluding steroid dienone is 2. The van der Waals surface area contributed by atoms with Crippen LogP contribution in [0, 0.1) is 0 Å². The van der Waals surface area contributed by atoms with Gasteiger partial charge < -0.3 is 0 Å². The van der Waals surface area contributed by atoms with E-state index in [2.05, 4.69) is 13.0 Å². The van der Waals surface area contributed by atoms with Crippen LogP contribution in [-0.2, 0) is 4.79 Å². The highest BCUT2D eigenvalue weighted by Crippen LogP contribution is 2.14. The number of carbonyl (C=O) groups excluding carboxylic acids is 1. The van der Waals surface area contributed by atoms with Gasteiger partial charge in [0, 0.05) is 5.57 Å². The molecular weight excluding hydrogens is 220 g/mol. The van der Waals surface area contributed by atoms with Crippen molar-refractivity contribution in [3.63, 3.8) is 0 Å². The van der Waals surface area contributed by atoms with Gasteiger partial charge in [0.05, 0.1) is 0 Å². The minimum Gasteiger partial charge on any atom is -0.298 e. The molecule has 0 aliphatic carbocycles. The lowest BCUT2D eigenvalue weighted by molar-refractivity contribution is -0.103. The van der Waals surface area contributed by atoms with Crippen molar-refractivity contribution in [3.05, 3.63) is 42.0 Å². The molecule has 0 bridgehead atoms. The van der Waals surface area contributed by atoms with E-state index in [4.69, 9.17) is 0 Å². The summed E-state index contributed by atoms with van der Waals surface area (Å²) in [4.78, 5) is 11.0. The lowest BCUT2D eigenvalue weighted by atomic mass is 10.0. The average Bonchev–Trinajstić information content (AvgIpc) is 2.43. The Morgan fingerprint density at radius 2 is 1.67 bits per heavy atom. The maximum Gasteiger partial charge on any atom is 0.150 e. The van der Waals surface area contributed by atoms with E-state index < -0.39 is 0 Å². The first kappa shape index (κ1) is 14.7. The van der Waals surface area contributed by atoms with Crippen molar-refractivity contribution in [2.45, 2.75) is 51.9 Å². The van der Waals surface area contributed by atoms with Crippen molar-refractivity contribution in [2.75, 3.05) is 0 Å². The van der Waals surface area contributed by atoms with E-state index in [1.165, 1.54) is 38.5 Å². The molecule has 1 aromatic rings. The Labute approximate surface area is 111 Å². The van der Waals surface area contributed by atoms with Gasteiger partial charge in [-0.05, 0) is 18.4 Å². The molecule has 1 rings (SSSR count). The van der Waals surface area contributed by atoms with Crippen LogP contribution in [0.3, 0.4) is 0 Å². The molecule has 0 radical (unpaired) electrons. The van der Waals surface area contributed by atoms with Gasteiger partial charge in [0.2, 0.25) is 0 Å². The molecule has 0 atom stereocenters. The zero-order chi connectivity index (χ0) is 13.1. The summed E-state index contributed by atoms with van der Waals surface area (Å²) >= 11 is 0. The molecule has 0 N–H and O–H groups in total. The molecule has 18 heavy (non-hydrogen) atoms. The number of unbranched alkanes of at least 4 members (excludes halogenated alkanes) is 6. The van der Waals surface area contributed by atoms with E-state index >= 15 is 0 Å². The maximum absolute atomic E-state index is 11.0. The van der Waals surface area contributed by atoms with Crippen LogP contribution in [0.25, 0.3) is 5.57 Å². The Hall–Kier alpha value is -1.37. The van der Waals surface area contributed by atoms with Crippen LogP contribution in [0.5, 0.6) is 0 Å². The first-order valence-electron chi connectivity index (χ1n) is 7.09. The summed E-state index contributed by atoms with van der Waals surface area (Å²) < 4.78 is 0. The van der Waals surface area contributed by atoms with Crippen LogP contribution >= 0.6 is 0 Å². The smallest absolute Gasteiger partial charge is 0.150 e. The number of aldehydes is 1. The second kappa shape index (κ2) is 9.64. The van der Waals surface area contributed by atoms with Crippen molar-refractivity contribution in [3.8, 4) is 0 Å². The Morgan fingerprint density at radius 1 is 1.00 bits per heavy atom. The summed E-state index contributed by atoms with van der Waals surface area (Å²) in [6, 6.07) is 9.89. The van der Waals surface area contributed by atoms with Gasteiger partial charge in [-0.3, -0.25) is 4.79 Å². The van der Waals surface area contributed by atoms with Crippen molar-refractivity contribution < 1.29 is 4.79 Å². The third-order valence-corrected chi connectivity index (χ3v) is 3.16. The monoisotopic (exact) mass is 244 g/mol. The molecule has 0 aliphatic rings. The van der Waals surface area contributed by atoms with Gasteiger partial charge in [-0.25, -0.2) is 0 Å². The minimum atomic E-state index is 0.823. The Bertz CT molecular complexity index is 351. The summed E-state index contributed by atoms with van der Waals surface area (Å²) in [6.07, 6.45) is 11.8. The number of rotatable bonds is 9. The third-order valence-electron chi connectivity index (χ3n) is 3.16. The van der Waals surface area contributed by atoms with Crippen molar-refractivity contribution in [2.24, 2.45) is 0 Å². The molecule has 0 amide bonds. The summed E-state index contributed by atoms with van der Waals surface area (Å²) in [5.41, 5.74) is 1.85. The lowest BCUT2D eigenvalue weighted by Gasteiger charge is -2.01. The van der Waals surface area contributed by atoms with Gasteiger partial charge in [-0.15, -0.1) is 0 Å². The SMILES string of the molecule is CCCCCCCC/C=C(/C=O)c1ccccc1. The second-order valence-corrected chi connectivity index (χ2v) is 4.70. The van der Waals surface area contributed by atoms with E-state index in [-0.39, 0.29) is 0 Å². The van der Waals surface area contributed by atoms with Gasteiger partial charge in [0.1, 0.15) is 6.29 Å². The highest BCUT2D eigenvalue weighted by atomic mass is 16.1. The number of hydrogen-bond donors (Lipinski definition) is 0. The van der Waals surface area contributed by atoms with Gasteiger partial charge in [0.15, 0.2) is 0 Å². The molecule has 0 fully saturated rings. The molecule has 1 nitrogen and oxygen atoms in total. The predicted octanol–water partition coefficient (Wildman–Crippen LogP) is 5.02. The van der Waals surface area contributed by atoms with Crippen LogP contribution in [-0.4, -0.2) is 6.29 Å². The van der Waals surface area contributed by atoms with Crippen LogP contribution in [0.2, 0.25) is 0 Å². The summed E-state index contributed by atoms with van der Waals surface area (Å²) in [5.74, 6) is 0. The van der Waals surface area contributed by atoms with Gasteiger partial charge >= 0.3 is 0 Å². The van der Waals surface area contributed by atoms with Gasteiger partial charge in [0.25, 0.3) is 0 Å². The molecule has 0 unspecified atom stereocenters. The van der Waals surface area contributed by atoms with Crippen LogP contribution in [0.4, 0.5) is 0 Å². The standard InChI is InChI=1S/C17H24O/c1-2-3-4-5-6-7-9-14-17(15-18)16-12-10-8-11-13-16/h8,10-15H,2-7,9H2,1H3/b17-14-. The summed E-state index contributed by atoms with van der Waals surface area (Å²) in [5, 5.41) is 0. The zero-order valence-corrected chi connectivity index (χ0v) is 11.4. The highest BCUT2D eigenvalue weighted by Gasteiger charge is 1.98. The topological polar surface area (TPSA) is 17.1 Å². The highest BCUT2D eigenvalue weighted by molar-refractivity contribution is 6.06.